The summed E-state index contributed by atoms with van der Waals surface area (Å²) in [6.07, 6.45) is 4.19. The molecule has 2 heterocycles. The summed E-state index contributed by atoms with van der Waals surface area (Å²) in [7, 11) is 0. The zero-order valence-corrected chi connectivity index (χ0v) is 14.8. The molecule has 132 valence electrons. The highest BCUT2D eigenvalue weighted by molar-refractivity contribution is 7.99. The Morgan fingerprint density at radius 1 is 1.32 bits per heavy atom. The van der Waals surface area contributed by atoms with Crippen LogP contribution >= 0.6 is 11.8 Å². The van der Waals surface area contributed by atoms with E-state index in [1.807, 2.05) is 24.3 Å². The van der Waals surface area contributed by atoms with Gasteiger partial charge in [0.15, 0.2) is 5.16 Å². The van der Waals surface area contributed by atoms with Gasteiger partial charge in [0.25, 0.3) is 5.56 Å². The molecular weight excluding hydrogens is 338 g/mol. The number of nitrogens with one attached hydrogen (secondary N) is 1. The molecular formula is C18H21N3O3S. The smallest absolute Gasteiger partial charge is 0.262 e. The van der Waals surface area contributed by atoms with Crippen molar-refractivity contribution >= 4 is 28.6 Å². The average Bonchev–Trinajstić information content (AvgIpc) is 3.32. The average molecular weight is 359 g/mol. The molecule has 1 saturated heterocycles. The molecule has 2 aromatic rings. The zero-order chi connectivity index (χ0) is 17.2. The number of hydrogen-bond acceptors (Lipinski definition) is 5. The first-order chi connectivity index (χ1) is 12.2. The molecule has 1 aliphatic carbocycles. The SMILES string of the molecule is O=C(CSc1nc2ccccc2c(=O)n1C1CC1)NC[C@H]1CCCO1. The molecule has 2 fully saturated rings. The van der Waals surface area contributed by atoms with Gasteiger partial charge in [0.05, 0.1) is 22.8 Å². The molecule has 25 heavy (non-hydrogen) atoms. The lowest BCUT2D eigenvalue weighted by atomic mass is 10.2. The topological polar surface area (TPSA) is 73.2 Å². The van der Waals surface area contributed by atoms with Crippen LogP contribution in [0.1, 0.15) is 31.7 Å². The number of rotatable bonds is 6. The number of fused-ring (bicyclic) bond motifs is 1. The van der Waals surface area contributed by atoms with E-state index in [0.717, 1.165) is 32.3 Å². The van der Waals surface area contributed by atoms with Crippen LogP contribution in [0.5, 0.6) is 0 Å². The lowest BCUT2D eigenvalue weighted by molar-refractivity contribution is -0.119. The van der Waals surface area contributed by atoms with Crippen molar-refractivity contribution in [3.8, 4) is 0 Å². The van der Waals surface area contributed by atoms with Gasteiger partial charge in [-0.05, 0) is 37.8 Å². The van der Waals surface area contributed by atoms with Crippen LogP contribution in [0.3, 0.4) is 0 Å². The van der Waals surface area contributed by atoms with Crippen molar-refractivity contribution in [1.29, 1.82) is 0 Å². The Hall–Kier alpha value is -1.86. The highest BCUT2D eigenvalue weighted by Gasteiger charge is 2.28. The van der Waals surface area contributed by atoms with Crippen LogP contribution in [-0.4, -0.2) is 40.5 Å². The first kappa shape index (κ1) is 16.6. The molecule has 1 aliphatic heterocycles. The monoisotopic (exact) mass is 359 g/mol. The summed E-state index contributed by atoms with van der Waals surface area (Å²) in [6.45, 7) is 1.34. The van der Waals surface area contributed by atoms with Crippen molar-refractivity contribution in [2.75, 3.05) is 18.9 Å². The molecule has 4 rings (SSSR count). The zero-order valence-electron chi connectivity index (χ0n) is 13.9. The molecule has 1 atom stereocenters. The molecule has 7 heteroatoms. The van der Waals surface area contributed by atoms with Crippen molar-refractivity contribution in [2.45, 2.75) is 43.0 Å². The fourth-order valence-corrected chi connectivity index (χ4v) is 3.99. The van der Waals surface area contributed by atoms with Crippen LogP contribution in [0.25, 0.3) is 10.9 Å². The molecule has 2 aliphatic rings. The minimum atomic E-state index is -0.0507. The summed E-state index contributed by atoms with van der Waals surface area (Å²) >= 11 is 1.33. The largest absolute Gasteiger partial charge is 0.376 e. The number of benzene rings is 1. The van der Waals surface area contributed by atoms with Crippen LogP contribution in [0.4, 0.5) is 0 Å². The second-order valence-corrected chi connectivity index (χ2v) is 7.49. The van der Waals surface area contributed by atoms with Gasteiger partial charge in [-0.2, -0.15) is 0 Å². The molecule has 6 nitrogen and oxygen atoms in total. The van der Waals surface area contributed by atoms with Gasteiger partial charge < -0.3 is 10.1 Å². The molecule has 0 unspecified atom stereocenters. The molecule has 0 radical (unpaired) electrons. The predicted molar refractivity (Wildman–Crippen MR) is 97.0 cm³/mol. The Morgan fingerprint density at radius 3 is 2.92 bits per heavy atom. The standard InChI is InChI=1S/C18H21N3O3S/c22-16(19-10-13-4-3-9-24-13)11-25-18-20-15-6-2-1-5-14(15)17(23)21(18)12-7-8-12/h1-2,5-6,12-13H,3-4,7-11H2,(H,19,22)/t13-/m1/s1. The Kier molecular flexibility index (Phi) is 4.76. The van der Waals surface area contributed by atoms with E-state index in [1.54, 1.807) is 4.57 Å². The lowest BCUT2D eigenvalue weighted by Crippen LogP contribution is -2.33. The first-order valence-electron chi connectivity index (χ1n) is 8.75. The molecule has 1 aromatic heterocycles. The van der Waals surface area contributed by atoms with E-state index < -0.39 is 0 Å². The van der Waals surface area contributed by atoms with Crippen molar-refractivity contribution in [2.24, 2.45) is 0 Å². The van der Waals surface area contributed by atoms with Gasteiger partial charge >= 0.3 is 0 Å². The number of aromatic nitrogens is 2. The van der Waals surface area contributed by atoms with Gasteiger partial charge in [0, 0.05) is 19.2 Å². The summed E-state index contributed by atoms with van der Waals surface area (Å²) in [5.74, 6) is 0.203. The van der Waals surface area contributed by atoms with Crippen molar-refractivity contribution in [1.82, 2.24) is 14.9 Å². The molecule has 0 spiro atoms. The number of hydrogen-bond donors (Lipinski definition) is 1. The Bertz CT molecular complexity index is 841. The maximum Gasteiger partial charge on any atom is 0.262 e. The molecule has 0 bridgehead atoms. The maximum absolute atomic E-state index is 12.8. The number of carbonyl (C=O) groups excluding carboxylic acids is 1. The number of ether oxygens (including phenoxy) is 1. The van der Waals surface area contributed by atoms with E-state index in [2.05, 4.69) is 10.3 Å². The van der Waals surface area contributed by atoms with E-state index in [4.69, 9.17) is 4.74 Å². The first-order valence-corrected chi connectivity index (χ1v) is 9.73. The third-order valence-corrected chi connectivity index (χ3v) is 5.52. The van der Waals surface area contributed by atoms with E-state index >= 15 is 0 Å². The molecule has 1 amide bonds. The van der Waals surface area contributed by atoms with Gasteiger partial charge in [0.2, 0.25) is 5.91 Å². The van der Waals surface area contributed by atoms with E-state index in [1.165, 1.54) is 11.8 Å². The highest BCUT2D eigenvalue weighted by atomic mass is 32.2. The quantitative estimate of drug-likeness (QED) is 0.632. The van der Waals surface area contributed by atoms with Crippen LogP contribution in [0.15, 0.2) is 34.2 Å². The van der Waals surface area contributed by atoms with Crippen molar-refractivity contribution < 1.29 is 9.53 Å². The fourth-order valence-electron chi connectivity index (χ4n) is 3.10. The second kappa shape index (κ2) is 7.17. The molecule has 1 N–H and O–H groups in total. The van der Waals surface area contributed by atoms with Crippen molar-refractivity contribution in [3.05, 3.63) is 34.6 Å². The number of para-hydroxylation sites is 1. The maximum atomic E-state index is 12.8. The third kappa shape index (κ3) is 3.72. The minimum absolute atomic E-state index is 0.00429. The number of nitrogens with zero attached hydrogens (tertiary/aromatic N) is 2. The fraction of sp³-hybridized carbons (Fsp3) is 0.500. The van der Waals surface area contributed by atoms with Crippen LogP contribution in [0.2, 0.25) is 0 Å². The van der Waals surface area contributed by atoms with Gasteiger partial charge in [-0.15, -0.1) is 0 Å². The number of amides is 1. The Balaban J connectivity index is 1.47. The summed E-state index contributed by atoms with van der Waals surface area (Å²) in [4.78, 5) is 29.5. The summed E-state index contributed by atoms with van der Waals surface area (Å²) < 4.78 is 7.27. The summed E-state index contributed by atoms with van der Waals surface area (Å²) in [6, 6.07) is 7.61. The van der Waals surface area contributed by atoms with Gasteiger partial charge in [0.1, 0.15) is 0 Å². The normalized spacial score (nSPS) is 20.1. The summed E-state index contributed by atoms with van der Waals surface area (Å²) in [5.41, 5.74) is 0.682. The molecule has 1 saturated carbocycles. The Morgan fingerprint density at radius 2 is 2.16 bits per heavy atom. The predicted octanol–water partition coefficient (Wildman–Crippen LogP) is 2.12. The highest BCUT2D eigenvalue weighted by Crippen LogP contribution is 2.36. The van der Waals surface area contributed by atoms with E-state index in [9.17, 15) is 9.59 Å². The number of carbonyl (C=O) groups is 1. The van der Waals surface area contributed by atoms with Crippen molar-refractivity contribution in [3.63, 3.8) is 0 Å². The number of thioether (sulfide) groups is 1. The van der Waals surface area contributed by atoms with Crippen LogP contribution < -0.4 is 10.9 Å². The van der Waals surface area contributed by atoms with Gasteiger partial charge in [-0.3, -0.25) is 14.2 Å². The second-order valence-electron chi connectivity index (χ2n) is 6.55. The lowest BCUT2D eigenvalue weighted by Gasteiger charge is -2.13. The summed E-state index contributed by atoms with van der Waals surface area (Å²) in [5, 5.41) is 4.19. The van der Waals surface area contributed by atoms with E-state index in [-0.39, 0.29) is 29.4 Å². The van der Waals surface area contributed by atoms with Gasteiger partial charge in [-0.1, -0.05) is 23.9 Å². The van der Waals surface area contributed by atoms with Crippen LogP contribution in [-0.2, 0) is 9.53 Å². The van der Waals surface area contributed by atoms with E-state index in [0.29, 0.717) is 22.6 Å². The minimum Gasteiger partial charge on any atom is -0.376 e. The van der Waals surface area contributed by atoms with Gasteiger partial charge in [-0.25, -0.2) is 4.98 Å². The van der Waals surface area contributed by atoms with Crippen LogP contribution in [0, 0.1) is 0 Å². The molecule has 1 aromatic carbocycles. The Labute approximate surface area is 150 Å². The third-order valence-electron chi connectivity index (χ3n) is 4.57.